The average molecular weight is 231 g/mol. The van der Waals surface area contributed by atoms with Crippen molar-refractivity contribution >= 4 is 29.4 Å². The number of amides is 1. The van der Waals surface area contributed by atoms with Gasteiger partial charge in [0.1, 0.15) is 0 Å². The Morgan fingerprint density at radius 2 is 2.13 bits per heavy atom. The monoisotopic (exact) mass is 230 g/mol. The lowest BCUT2D eigenvalue weighted by molar-refractivity contribution is -0.116. The predicted octanol–water partition coefficient (Wildman–Crippen LogP) is -0.512. The van der Waals surface area contributed by atoms with Crippen molar-refractivity contribution in [1.82, 2.24) is 15.0 Å². The second kappa shape index (κ2) is 4.74. The fourth-order valence-corrected chi connectivity index (χ4v) is 0.941. The van der Waals surface area contributed by atoms with Crippen LogP contribution in [0.3, 0.4) is 0 Å². The lowest BCUT2D eigenvalue weighted by atomic mass is 10.6. The summed E-state index contributed by atoms with van der Waals surface area (Å²) >= 11 is 5.66. The fourth-order valence-electron chi connectivity index (χ4n) is 0.785. The van der Waals surface area contributed by atoms with Crippen LogP contribution in [0.2, 0.25) is 5.28 Å². The number of primary amides is 1. The molecule has 0 saturated carbocycles. The third-order valence-corrected chi connectivity index (χ3v) is 1.59. The molecule has 0 aliphatic heterocycles. The Hall–Kier alpha value is -1.63. The van der Waals surface area contributed by atoms with Gasteiger partial charge < -0.3 is 16.0 Å². The van der Waals surface area contributed by atoms with Crippen molar-refractivity contribution in [2.75, 3.05) is 30.9 Å². The molecular weight excluding hydrogens is 220 g/mol. The number of aromatic nitrogens is 3. The van der Waals surface area contributed by atoms with E-state index in [0.717, 1.165) is 0 Å². The normalized spacial score (nSPS) is 9.80. The van der Waals surface area contributed by atoms with Crippen molar-refractivity contribution in [1.29, 1.82) is 0 Å². The summed E-state index contributed by atoms with van der Waals surface area (Å²) in [6.07, 6.45) is 0. The molecular formula is C7H11ClN6O. The van der Waals surface area contributed by atoms with E-state index in [-0.39, 0.29) is 17.8 Å². The molecule has 1 amide bonds. The number of hydrogen-bond donors (Lipinski definition) is 2. The third kappa shape index (κ3) is 3.55. The zero-order chi connectivity index (χ0) is 11.4. The molecule has 0 radical (unpaired) electrons. The molecule has 1 aromatic rings. The minimum atomic E-state index is -0.502. The smallest absolute Gasteiger partial charge is 0.236 e. The van der Waals surface area contributed by atoms with Crippen LogP contribution in [-0.2, 0) is 4.79 Å². The van der Waals surface area contributed by atoms with Crippen molar-refractivity contribution < 1.29 is 4.79 Å². The van der Waals surface area contributed by atoms with E-state index in [4.69, 9.17) is 17.3 Å². The molecule has 1 heterocycles. The van der Waals surface area contributed by atoms with Gasteiger partial charge in [0.2, 0.25) is 23.1 Å². The number of nitrogens with one attached hydrogen (secondary N) is 1. The molecule has 0 bridgehead atoms. The first-order valence-electron chi connectivity index (χ1n) is 4.10. The van der Waals surface area contributed by atoms with Gasteiger partial charge in [0.25, 0.3) is 0 Å². The highest BCUT2D eigenvalue weighted by atomic mass is 35.5. The Morgan fingerprint density at radius 3 is 2.67 bits per heavy atom. The van der Waals surface area contributed by atoms with Gasteiger partial charge in [0.15, 0.2) is 0 Å². The van der Waals surface area contributed by atoms with Crippen LogP contribution in [-0.4, -0.2) is 41.5 Å². The fraction of sp³-hybridized carbons (Fsp3) is 0.429. The van der Waals surface area contributed by atoms with Gasteiger partial charge in [-0.3, -0.25) is 4.79 Å². The van der Waals surface area contributed by atoms with Gasteiger partial charge in [0, 0.05) is 14.1 Å². The van der Waals surface area contributed by atoms with Gasteiger partial charge in [-0.2, -0.15) is 15.0 Å². The minimum absolute atomic E-state index is 0.0484. The maximum Gasteiger partial charge on any atom is 0.236 e. The van der Waals surface area contributed by atoms with E-state index < -0.39 is 5.91 Å². The maximum absolute atomic E-state index is 10.5. The number of halogens is 1. The number of rotatable bonds is 4. The van der Waals surface area contributed by atoms with Gasteiger partial charge in [-0.15, -0.1) is 0 Å². The number of nitrogens with two attached hydrogens (primary N) is 1. The van der Waals surface area contributed by atoms with E-state index in [1.165, 1.54) is 0 Å². The van der Waals surface area contributed by atoms with E-state index in [1.54, 1.807) is 19.0 Å². The summed E-state index contributed by atoms with van der Waals surface area (Å²) in [7, 11) is 3.53. The molecule has 0 spiro atoms. The molecule has 0 aliphatic carbocycles. The van der Waals surface area contributed by atoms with Crippen LogP contribution in [0.25, 0.3) is 0 Å². The summed E-state index contributed by atoms with van der Waals surface area (Å²) in [5.74, 6) is 0.123. The summed E-state index contributed by atoms with van der Waals surface area (Å²) in [6, 6.07) is 0. The van der Waals surface area contributed by atoms with Gasteiger partial charge >= 0.3 is 0 Å². The standard InChI is InChI=1S/C7H11ClN6O/c1-14(2)7-12-5(8)11-6(13-7)10-3-4(9)15/h3H2,1-2H3,(H2,9,15)(H,10,11,12,13). The lowest BCUT2D eigenvalue weighted by Gasteiger charge is -2.11. The van der Waals surface area contributed by atoms with Crippen LogP contribution in [0.1, 0.15) is 0 Å². The molecule has 0 fully saturated rings. The predicted molar refractivity (Wildman–Crippen MR) is 56.8 cm³/mol. The quantitative estimate of drug-likeness (QED) is 0.723. The van der Waals surface area contributed by atoms with E-state index in [2.05, 4.69) is 20.3 Å². The molecule has 1 aromatic heterocycles. The van der Waals surface area contributed by atoms with Crippen LogP contribution in [0.15, 0.2) is 0 Å². The number of carbonyl (C=O) groups is 1. The molecule has 8 heteroatoms. The van der Waals surface area contributed by atoms with E-state index in [9.17, 15) is 4.79 Å². The second-order valence-corrected chi connectivity index (χ2v) is 3.28. The molecule has 0 saturated heterocycles. The van der Waals surface area contributed by atoms with Crippen LogP contribution >= 0.6 is 11.6 Å². The summed E-state index contributed by atoms with van der Waals surface area (Å²) in [5.41, 5.74) is 4.96. The topological polar surface area (TPSA) is 97.0 Å². The van der Waals surface area contributed by atoms with Crippen molar-refractivity contribution in [3.8, 4) is 0 Å². The Bertz CT molecular complexity index is 368. The van der Waals surface area contributed by atoms with Crippen molar-refractivity contribution in [3.05, 3.63) is 5.28 Å². The van der Waals surface area contributed by atoms with Gasteiger partial charge in [-0.1, -0.05) is 0 Å². The average Bonchev–Trinajstić information content (AvgIpc) is 2.13. The van der Waals surface area contributed by atoms with E-state index in [0.29, 0.717) is 5.95 Å². The third-order valence-electron chi connectivity index (χ3n) is 1.42. The molecule has 15 heavy (non-hydrogen) atoms. The minimum Gasteiger partial charge on any atom is -0.368 e. The summed E-state index contributed by atoms with van der Waals surface area (Å²) < 4.78 is 0. The summed E-state index contributed by atoms with van der Waals surface area (Å²) in [4.78, 5) is 23.9. The number of anilines is 2. The van der Waals surface area contributed by atoms with Crippen LogP contribution in [0.4, 0.5) is 11.9 Å². The Labute approximate surface area is 91.7 Å². The van der Waals surface area contributed by atoms with Crippen LogP contribution in [0.5, 0.6) is 0 Å². The molecule has 0 unspecified atom stereocenters. The Kier molecular flexibility index (Phi) is 3.62. The highest BCUT2D eigenvalue weighted by Crippen LogP contribution is 2.10. The first kappa shape index (κ1) is 11.4. The Balaban J connectivity index is 2.84. The lowest BCUT2D eigenvalue weighted by Crippen LogP contribution is -2.23. The SMILES string of the molecule is CN(C)c1nc(Cl)nc(NCC(N)=O)n1. The highest BCUT2D eigenvalue weighted by Gasteiger charge is 2.06. The van der Waals surface area contributed by atoms with Gasteiger partial charge in [-0.05, 0) is 11.6 Å². The molecule has 1 rings (SSSR count). The molecule has 7 nitrogen and oxygen atoms in total. The maximum atomic E-state index is 10.5. The first-order chi connectivity index (χ1) is 6.99. The number of carbonyl (C=O) groups excluding carboxylic acids is 1. The van der Waals surface area contributed by atoms with Crippen molar-refractivity contribution in [3.63, 3.8) is 0 Å². The molecule has 0 atom stereocenters. The summed E-state index contributed by atoms with van der Waals surface area (Å²) in [5, 5.41) is 2.69. The second-order valence-electron chi connectivity index (χ2n) is 2.94. The van der Waals surface area contributed by atoms with Crippen molar-refractivity contribution in [2.24, 2.45) is 5.73 Å². The highest BCUT2D eigenvalue weighted by molar-refractivity contribution is 6.28. The molecule has 0 aromatic carbocycles. The van der Waals surface area contributed by atoms with Crippen LogP contribution in [0, 0.1) is 0 Å². The van der Waals surface area contributed by atoms with E-state index in [1.807, 2.05) is 0 Å². The van der Waals surface area contributed by atoms with Crippen LogP contribution < -0.4 is 16.0 Å². The Morgan fingerprint density at radius 1 is 1.47 bits per heavy atom. The number of hydrogen-bond acceptors (Lipinski definition) is 6. The van der Waals surface area contributed by atoms with E-state index >= 15 is 0 Å². The van der Waals surface area contributed by atoms with Gasteiger partial charge in [-0.25, -0.2) is 0 Å². The largest absolute Gasteiger partial charge is 0.368 e. The zero-order valence-corrected chi connectivity index (χ0v) is 9.12. The molecule has 0 aliphatic rings. The molecule has 3 N–H and O–H groups in total. The summed E-state index contributed by atoms with van der Waals surface area (Å²) in [6.45, 7) is -0.0484. The van der Waals surface area contributed by atoms with Gasteiger partial charge in [0.05, 0.1) is 6.54 Å². The zero-order valence-electron chi connectivity index (χ0n) is 8.36. The number of nitrogens with zero attached hydrogens (tertiary/aromatic N) is 4. The first-order valence-corrected chi connectivity index (χ1v) is 4.48. The molecule has 82 valence electrons. The van der Waals surface area contributed by atoms with Crippen molar-refractivity contribution in [2.45, 2.75) is 0 Å².